The molecule has 0 saturated heterocycles. The van der Waals surface area contributed by atoms with Crippen molar-refractivity contribution < 1.29 is 4.79 Å². The van der Waals surface area contributed by atoms with Gasteiger partial charge in [0.15, 0.2) is 0 Å². The smallest absolute Gasteiger partial charge is 0.292 e. The molecule has 114 valence electrons. The molecule has 0 radical (unpaired) electrons. The van der Waals surface area contributed by atoms with Crippen LogP contribution in [-0.2, 0) is 0 Å². The third-order valence-electron chi connectivity index (χ3n) is 3.72. The Hall–Kier alpha value is -2.50. The van der Waals surface area contributed by atoms with Crippen molar-refractivity contribution >= 4 is 5.91 Å². The summed E-state index contributed by atoms with van der Waals surface area (Å²) in [6, 6.07) is 9.40. The number of hydrogen-bond acceptors (Lipinski definition) is 4. The Morgan fingerprint density at radius 3 is 2.86 bits per heavy atom. The lowest BCUT2D eigenvalue weighted by Crippen LogP contribution is -2.26. The Kier molecular flexibility index (Phi) is 4.58. The third kappa shape index (κ3) is 3.58. The van der Waals surface area contributed by atoms with Gasteiger partial charge in [0.2, 0.25) is 0 Å². The Bertz CT molecular complexity index is 662. The van der Waals surface area contributed by atoms with E-state index >= 15 is 0 Å². The first-order valence-electron chi connectivity index (χ1n) is 7.64. The van der Waals surface area contributed by atoms with Gasteiger partial charge in [0.05, 0.1) is 5.69 Å². The molecule has 0 unspecified atom stereocenters. The maximum absolute atomic E-state index is 12.0. The number of amides is 1. The fourth-order valence-corrected chi connectivity index (χ4v) is 2.52. The predicted octanol–water partition coefficient (Wildman–Crippen LogP) is 2.28. The highest BCUT2D eigenvalue weighted by molar-refractivity contribution is 5.90. The molecular formula is C16H19N5O. The molecule has 0 aliphatic heterocycles. The molecule has 0 saturated carbocycles. The predicted molar refractivity (Wildman–Crippen MR) is 82.7 cm³/mol. The number of para-hydroxylation sites is 1. The average molecular weight is 297 g/mol. The SMILES string of the molecule is O=C(NCCC1=CCCCC1)c1nnn(-c2ccccc2)n1. The zero-order chi connectivity index (χ0) is 15.2. The highest BCUT2D eigenvalue weighted by atomic mass is 16.2. The number of tetrazole rings is 1. The van der Waals surface area contributed by atoms with Crippen molar-refractivity contribution in [2.24, 2.45) is 0 Å². The first-order valence-corrected chi connectivity index (χ1v) is 7.64. The van der Waals surface area contributed by atoms with Gasteiger partial charge in [0.25, 0.3) is 11.7 Å². The second-order valence-corrected chi connectivity index (χ2v) is 5.35. The van der Waals surface area contributed by atoms with Crippen LogP contribution in [0.2, 0.25) is 0 Å². The lowest BCUT2D eigenvalue weighted by Gasteiger charge is -2.12. The topological polar surface area (TPSA) is 72.7 Å². The van der Waals surface area contributed by atoms with Gasteiger partial charge >= 0.3 is 0 Å². The Labute approximate surface area is 129 Å². The van der Waals surface area contributed by atoms with E-state index in [1.165, 1.54) is 23.2 Å². The average Bonchev–Trinajstić information content (AvgIpc) is 3.07. The molecule has 1 aromatic heterocycles. The molecule has 6 nitrogen and oxygen atoms in total. The van der Waals surface area contributed by atoms with Crippen LogP contribution in [0.25, 0.3) is 5.69 Å². The molecule has 1 amide bonds. The highest BCUT2D eigenvalue weighted by Gasteiger charge is 2.13. The molecule has 1 N–H and O–H groups in total. The van der Waals surface area contributed by atoms with Gasteiger partial charge in [-0.3, -0.25) is 4.79 Å². The largest absolute Gasteiger partial charge is 0.349 e. The van der Waals surface area contributed by atoms with Crippen molar-refractivity contribution in [1.29, 1.82) is 0 Å². The molecule has 3 rings (SSSR count). The van der Waals surface area contributed by atoms with Gasteiger partial charge in [-0.05, 0) is 49.5 Å². The minimum atomic E-state index is -0.279. The van der Waals surface area contributed by atoms with E-state index in [0.717, 1.165) is 24.9 Å². The number of allylic oxidation sites excluding steroid dienone is 1. The Morgan fingerprint density at radius 1 is 1.23 bits per heavy atom. The summed E-state index contributed by atoms with van der Waals surface area (Å²) in [6.45, 7) is 0.616. The van der Waals surface area contributed by atoms with Crippen LogP contribution in [0.1, 0.15) is 42.7 Å². The number of nitrogens with one attached hydrogen (secondary N) is 1. The summed E-state index contributed by atoms with van der Waals surface area (Å²) >= 11 is 0. The number of nitrogens with zero attached hydrogens (tertiary/aromatic N) is 4. The molecule has 0 spiro atoms. The van der Waals surface area contributed by atoms with E-state index < -0.39 is 0 Å². The van der Waals surface area contributed by atoms with Crippen molar-refractivity contribution in [3.05, 3.63) is 47.8 Å². The van der Waals surface area contributed by atoms with Gasteiger partial charge in [0, 0.05) is 6.54 Å². The fraction of sp³-hybridized carbons (Fsp3) is 0.375. The van der Waals surface area contributed by atoms with E-state index in [1.807, 2.05) is 30.3 Å². The minimum Gasteiger partial charge on any atom is -0.349 e. The normalized spacial score (nSPS) is 14.5. The molecule has 2 aromatic rings. The van der Waals surface area contributed by atoms with E-state index in [4.69, 9.17) is 0 Å². The summed E-state index contributed by atoms with van der Waals surface area (Å²) in [5.41, 5.74) is 2.22. The van der Waals surface area contributed by atoms with E-state index in [0.29, 0.717) is 6.54 Å². The number of carbonyl (C=O) groups is 1. The first kappa shape index (κ1) is 14.4. The number of carbonyl (C=O) groups excluding carboxylic acids is 1. The van der Waals surface area contributed by atoms with Crippen LogP contribution in [0.3, 0.4) is 0 Å². The van der Waals surface area contributed by atoms with Crippen molar-refractivity contribution in [3.8, 4) is 5.69 Å². The van der Waals surface area contributed by atoms with Crippen LogP contribution in [0.4, 0.5) is 0 Å². The van der Waals surface area contributed by atoms with Crippen molar-refractivity contribution in [2.75, 3.05) is 6.54 Å². The lowest BCUT2D eigenvalue weighted by atomic mass is 9.97. The first-order chi connectivity index (χ1) is 10.8. The van der Waals surface area contributed by atoms with Crippen LogP contribution >= 0.6 is 0 Å². The summed E-state index contributed by atoms with van der Waals surface area (Å²) < 4.78 is 0. The van der Waals surface area contributed by atoms with Gasteiger partial charge in [-0.25, -0.2) is 0 Å². The molecule has 0 bridgehead atoms. The number of hydrogen-bond donors (Lipinski definition) is 1. The quantitative estimate of drug-likeness (QED) is 0.859. The summed E-state index contributed by atoms with van der Waals surface area (Å²) in [7, 11) is 0. The third-order valence-corrected chi connectivity index (χ3v) is 3.72. The van der Waals surface area contributed by atoms with Crippen molar-refractivity contribution in [3.63, 3.8) is 0 Å². The van der Waals surface area contributed by atoms with Gasteiger partial charge in [-0.2, -0.15) is 0 Å². The van der Waals surface area contributed by atoms with Crippen LogP contribution in [-0.4, -0.2) is 32.7 Å². The van der Waals surface area contributed by atoms with Crippen LogP contribution in [0.5, 0.6) is 0 Å². The molecule has 1 heterocycles. The minimum absolute atomic E-state index is 0.0986. The van der Waals surface area contributed by atoms with Crippen molar-refractivity contribution in [1.82, 2.24) is 25.5 Å². The maximum atomic E-state index is 12.0. The molecule has 22 heavy (non-hydrogen) atoms. The maximum Gasteiger partial charge on any atom is 0.292 e. The van der Waals surface area contributed by atoms with E-state index in [2.05, 4.69) is 26.8 Å². The number of rotatable bonds is 5. The second-order valence-electron chi connectivity index (χ2n) is 5.35. The molecule has 0 atom stereocenters. The molecule has 1 aliphatic rings. The van der Waals surface area contributed by atoms with Gasteiger partial charge in [-0.1, -0.05) is 29.8 Å². The summed E-state index contributed by atoms with van der Waals surface area (Å²) in [4.78, 5) is 13.4. The van der Waals surface area contributed by atoms with E-state index in [1.54, 1.807) is 0 Å². The second kappa shape index (κ2) is 6.98. The van der Waals surface area contributed by atoms with Gasteiger partial charge in [0.1, 0.15) is 0 Å². The Morgan fingerprint density at radius 2 is 2.09 bits per heavy atom. The van der Waals surface area contributed by atoms with E-state index in [-0.39, 0.29) is 11.7 Å². The monoisotopic (exact) mass is 297 g/mol. The summed E-state index contributed by atoms with van der Waals surface area (Å²) in [5, 5.41) is 14.7. The lowest BCUT2D eigenvalue weighted by molar-refractivity contribution is 0.0943. The van der Waals surface area contributed by atoms with Crippen LogP contribution < -0.4 is 5.32 Å². The molecule has 1 aliphatic carbocycles. The van der Waals surface area contributed by atoms with Crippen LogP contribution in [0, 0.1) is 0 Å². The Balaban J connectivity index is 1.54. The van der Waals surface area contributed by atoms with Crippen molar-refractivity contribution in [2.45, 2.75) is 32.1 Å². The zero-order valence-electron chi connectivity index (χ0n) is 12.4. The summed E-state index contributed by atoms with van der Waals surface area (Å²) in [6.07, 6.45) is 8.04. The summed E-state index contributed by atoms with van der Waals surface area (Å²) in [5.74, 6) is -0.180. The highest BCUT2D eigenvalue weighted by Crippen LogP contribution is 2.19. The van der Waals surface area contributed by atoms with E-state index in [9.17, 15) is 4.79 Å². The van der Waals surface area contributed by atoms with Gasteiger partial charge < -0.3 is 5.32 Å². The molecule has 6 heteroatoms. The molecular weight excluding hydrogens is 278 g/mol. The van der Waals surface area contributed by atoms with Gasteiger partial charge in [-0.15, -0.1) is 15.0 Å². The van der Waals surface area contributed by atoms with Crippen LogP contribution in [0.15, 0.2) is 42.0 Å². The molecule has 1 aromatic carbocycles. The number of benzene rings is 1. The number of aromatic nitrogens is 4. The fourth-order valence-electron chi connectivity index (χ4n) is 2.52. The molecule has 0 fully saturated rings. The zero-order valence-corrected chi connectivity index (χ0v) is 12.4. The standard InChI is InChI=1S/C16H19N5O/c22-16(17-12-11-13-7-3-1-4-8-13)15-18-20-21(19-15)14-9-5-2-6-10-14/h2,5-7,9-10H,1,3-4,8,11-12H2,(H,17,22).